The van der Waals surface area contributed by atoms with Gasteiger partial charge < -0.3 is 23.7 Å². The zero-order valence-corrected chi connectivity index (χ0v) is 17.6. The number of hydrogen-bond acceptors (Lipinski definition) is 8. The molecule has 0 N–H and O–H groups in total. The van der Waals surface area contributed by atoms with Crippen molar-refractivity contribution in [1.82, 2.24) is 0 Å². The van der Waals surface area contributed by atoms with E-state index >= 15 is 0 Å². The summed E-state index contributed by atoms with van der Waals surface area (Å²) in [4.78, 5) is 0. The summed E-state index contributed by atoms with van der Waals surface area (Å²) in [5, 5.41) is 0. The Hall–Kier alpha value is -1.07. The molecule has 2 heterocycles. The van der Waals surface area contributed by atoms with Gasteiger partial charge in [-0.2, -0.15) is 8.42 Å². The Balaban J connectivity index is 1.90. The van der Waals surface area contributed by atoms with Crippen LogP contribution in [0.25, 0.3) is 0 Å². The average molecular weight is 416 g/mol. The maximum atomic E-state index is 11.7. The summed E-state index contributed by atoms with van der Waals surface area (Å²) >= 11 is 0. The van der Waals surface area contributed by atoms with E-state index in [1.807, 2.05) is 30.3 Å². The van der Waals surface area contributed by atoms with Crippen molar-refractivity contribution in [2.24, 2.45) is 0 Å². The summed E-state index contributed by atoms with van der Waals surface area (Å²) in [6.07, 6.45) is -1.51. The number of benzene rings is 1. The molecule has 1 unspecified atom stereocenters. The predicted molar refractivity (Wildman–Crippen MR) is 99.9 cm³/mol. The van der Waals surface area contributed by atoms with Crippen LogP contribution in [0.1, 0.15) is 26.3 Å². The monoisotopic (exact) mass is 416 g/mol. The van der Waals surface area contributed by atoms with Gasteiger partial charge in [0.05, 0.1) is 19.0 Å². The first-order valence-electron chi connectivity index (χ1n) is 9.12. The average Bonchev–Trinajstić information content (AvgIpc) is 3.07. The summed E-state index contributed by atoms with van der Waals surface area (Å²) in [6.45, 7) is 5.37. The van der Waals surface area contributed by atoms with Gasteiger partial charge in [-0.15, -0.1) is 0 Å². The Bertz CT molecular complexity index is 765. The Morgan fingerprint density at radius 1 is 1.14 bits per heavy atom. The molecule has 8 nitrogen and oxygen atoms in total. The lowest BCUT2D eigenvalue weighted by atomic mass is 9.90. The van der Waals surface area contributed by atoms with Crippen LogP contribution in [0.5, 0.6) is 0 Å². The van der Waals surface area contributed by atoms with Crippen LogP contribution in [-0.2, 0) is 44.6 Å². The van der Waals surface area contributed by atoms with Crippen LogP contribution >= 0.6 is 0 Å². The minimum absolute atomic E-state index is 0.277. The fraction of sp³-hybridized carbons (Fsp3) is 0.684. The van der Waals surface area contributed by atoms with Gasteiger partial charge >= 0.3 is 0 Å². The molecule has 2 aliphatic heterocycles. The van der Waals surface area contributed by atoms with Gasteiger partial charge in [0.15, 0.2) is 17.7 Å². The maximum Gasteiger partial charge on any atom is 0.264 e. The molecule has 0 saturated carbocycles. The van der Waals surface area contributed by atoms with E-state index in [4.69, 9.17) is 27.9 Å². The predicted octanol–water partition coefficient (Wildman–Crippen LogP) is 1.83. The van der Waals surface area contributed by atoms with Crippen molar-refractivity contribution >= 4 is 10.1 Å². The van der Waals surface area contributed by atoms with Crippen molar-refractivity contribution in [2.75, 3.05) is 20.0 Å². The fourth-order valence-electron chi connectivity index (χ4n) is 3.57. The van der Waals surface area contributed by atoms with E-state index in [1.54, 1.807) is 20.8 Å². The van der Waals surface area contributed by atoms with Gasteiger partial charge in [-0.05, 0) is 26.3 Å². The number of ether oxygens (including phenoxy) is 5. The van der Waals surface area contributed by atoms with Gasteiger partial charge in [0.25, 0.3) is 10.1 Å². The molecule has 2 aliphatic rings. The third-order valence-corrected chi connectivity index (χ3v) is 5.56. The van der Waals surface area contributed by atoms with Gasteiger partial charge in [-0.1, -0.05) is 30.3 Å². The van der Waals surface area contributed by atoms with Crippen molar-refractivity contribution in [1.29, 1.82) is 0 Å². The van der Waals surface area contributed by atoms with Gasteiger partial charge in [0, 0.05) is 7.11 Å². The molecule has 3 rings (SSSR count). The quantitative estimate of drug-likeness (QED) is 0.593. The second kappa shape index (κ2) is 7.98. The van der Waals surface area contributed by atoms with Crippen LogP contribution in [-0.4, -0.2) is 64.4 Å². The van der Waals surface area contributed by atoms with E-state index in [2.05, 4.69) is 0 Å². The van der Waals surface area contributed by atoms with Crippen molar-refractivity contribution in [3.05, 3.63) is 35.9 Å². The lowest BCUT2D eigenvalue weighted by Gasteiger charge is -2.39. The standard InChI is InChI=1S/C19H28O8S/c1-13(22-4)19(12-24-28(5,20)21)16(23-11-14-9-7-6-8-10-14)15-17(27-19)26-18(2,3)25-15/h6-10,13,15-17H,11-12H2,1-5H3/t13?,15-,16+,17+,19-/m1/s1. The molecule has 0 radical (unpaired) electrons. The maximum absolute atomic E-state index is 11.7. The first kappa shape index (κ1) is 21.6. The zero-order valence-electron chi connectivity index (χ0n) is 16.8. The molecule has 1 aromatic rings. The van der Waals surface area contributed by atoms with Crippen LogP contribution in [0.15, 0.2) is 30.3 Å². The Labute approximate surface area is 166 Å². The summed E-state index contributed by atoms with van der Waals surface area (Å²) in [5.41, 5.74) is -0.259. The van der Waals surface area contributed by atoms with E-state index in [0.29, 0.717) is 6.61 Å². The minimum atomic E-state index is -3.70. The minimum Gasteiger partial charge on any atom is -0.379 e. The van der Waals surface area contributed by atoms with Crippen molar-refractivity contribution in [3.8, 4) is 0 Å². The molecule has 0 spiro atoms. The van der Waals surface area contributed by atoms with E-state index in [9.17, 15) is 8.42 Å². The van der Waals surface area contributed by atoms with E-state index in [-0.39, 0.29) is 6.61 Å². The molecule has 0 aromatic heterocycles. The molecule has 5 atom stereocenters. The molecular weight excluding hydrogens is 388 g/mol. The second-order valence-electron chi connectivity index (χ2n) is 7.60. The molecule has 2 fully saturated rings. The Kier molecular flexibility index (Phi) is 6.17. The van der Waals surface area contributed by atoms with Crippen molar-refractivity contribution in [3.63, 3.8) is 0 Å². The summed E-state index contributed by atoms with van der Waals surface area (Å²) in [6, 6.07) is 9.65. The third kappa shape index (κ3) is 4.56. The first-order valence-corrected chi connectivity index (χ1v) is 10.9. The number of rotatable bonds is 8. The highest BCUT2D eigenvalue weighted by molar-refractivity contribution is 7.85. The summed E-state index contributed by atoms with van der Waals surface area (Å²) < 4.78 is 58.2. The SMILES string of the molecule is COC(C)[C@@]1(COS(C)(=O)=O)O[C@@H]2OC(C)(C)O[C@@H]2[C@@H]1OCc1ccccc1. The molecule has 9 heteroatoms. The normalized spacial score (nSPS) is 33.0. The van der Waals surface area contributed by atoms with Gasteiger partial charge in [0.1, 0.15) is 18.8 Å². The van der Waals surface area contributed by atoms with E-state index < -0.39 is 46.1 Å². The van der Waals surface area contributed by atoms with E-state index in [0.717, 1.165) is 11.8 Å². The van der Waals surface area contributed by atoms with Crippen LogP contribution < -0.4 is 0 Å². The zero-order chi connectivity index (χ0) is 20.6. The molecule has 158 valence electrons. The van der Waals surface area contributed by atoms with Crippen molar-refractivity contribution in [2.45, 2.75) is 63.4 Å². The number of methoxy groups -OCH3 is 1. The van der Waals surface area contributed by atoms with Crippen LogP contribution in [0, 0.1) is 0 Å². The van der Waals surface area contributed by atoms with Gasteiger partial charge in [-0.25, -0.2) is 0 Å². The third-order valence-electron chi connectivity index (χ3n) is 5.02. The van der Waals surface area contributed by atoms with E-state index in [1.165, 1.54) is 7.11 Å². The Morgan fingerprint density at radius 2 is 1.82 bits per heavy atom. The topological polar surface area (TPSA) is 89.5 Å². The van der Waals surface area contributed by atoms with Crippen LogP contribution in [0.2, 0.25) is 0 Å². The molecule has 0 amide bonds. The molecule has 28 heavy (non-hydrogen) atoms. The second-order valence-corrected chi connectivity index (χ2v) is 9.25. The fourth-order valence-corrected chi connectivity index (χ4v) is 3.97. The smallest absolute Gasteiger partial charge is 0.264 e. The number of fused-ring (bicyclic) bond motifs is 1. The first-order chi connectivity index (χ1) is 13.1. The number of hydrogen-bond donors (Lipinski definition) is 0. The van der Waals surface area contributed by atoms with Gasteiger partial charge in [0.2, 0.25) is 0 Å². The molecule has 2 saturated heterocycles. The molecule has 0 aliphatic carbocycles. The summed E-state index contributed by atoms with van der Waals surface area (Å²) in [5.74, 6) is -0.843. The largest absolute Gasteiger partial charge is 0.379 e. The van der Waals surface area contributed by atoms with Gasteiger partial charge in [-0.3, -0.25) is 4.18 Å². The Morgan fingerprint density at radius 3 is 2.43 bits per heavy atom. The molecule has 1 aromatic carbocycles. The summed E-state index contributed by atoms with van der Waals surface area (Å²) in [7, 11) is -2.18. The van der Waals surface area contributed by atoms with Crippen LogP contribution in [0.3, 0.4) is 0 Å². The lowest BCUT2D eigenvalue weighted by Crippen LogP contribution is -2.57. The lowest BCUT2D eigenvalue weighted by molar-refractivity contribution is -0.270. The van der Waals surface area contributed by atoms with Crippen molar-refractivity contribution < 1.29 is 36.3 Å². The van der Waals surface area contributed by atoms with Crippen LogP contribution in [0.4, 0.5) is 0 Å². The highest BCUT2D eigenvalue weighted by Gasteiger charge is 2.65. The highest BCUT2D eigenvalue weighted by Crippen LogP contribution is 2.46. The highest BCUT2D eigenvalue weighted by atomic mass is 32.2. The molecular formula is C19H28O8S. The molecule has 0 bridgehead atoms.